The molecule has 0 heterocycles. The second kappa shape index (κ2) is 2.34. The topological polar surface area (TPSA) is 91.7 Å². The molecular weight excluding hydrogens is 152 g/mol. The van der Waals surface area contributed by atoms with Gasteiger partial charge in [-0.25, -0.2) is 4.79 Å². The van der Waals surface area contributed by atoms with Gasteiger partial charge in [-0.3, -0.25) is 9.59 Å². The third-order valence-corrected chi connectivity index (χ3v) is 1.66. The molecule has 1 saturated carbocycles. The summed E-state index contributed by atoms with van der Waals surface area (Å²) in [6.45, 7) is 0. The van der Waals surface area contributed by atoms with Gasteiger partial charge in [-0.15, -0.1) is 0 Å². The predicted molar refractivity (Wildman–Crippen MR) is 31.9 cm³/mol. The van der Waals surface area contributed by atoms with Crippen LogP contribution in [-0.2, 0) is 14.4 Å². The van der Waals surface area contributed by atoms with E-state index in [1.807, 2.05) is 0 Å². The van der Waals surface area contributed by atoms with Gasteiger partial charge < -0.3 is 10.2 Å². The van der Waals surface area contributed by atoms with E-state index in [1.165, 1.54) is 0 Å². The molecule has 11 heavy (non-hydrogen) atoms. The number of ketones is 1. The molecule has 0 aromatic carbocycles. The first-order chi connectivity index (χ1) is 5.04. The molecule has 2 atom stereocenters. The molecule has 0 bridgehead atoms. The Bertz CT molecular complexity index is 231. The van der Waals surface area contributed by atoms with Gasteiger partial charge in [-0.1, -0.05) is 0 Å². The average Bonchev–Trinajstić information content (AvgIpc) is 2.63. The molecule has 0 aliphatic heterocycles. The molecule has 0 radical (unpaired) electrons. The van der Waals surface area contributed by atoms with Crippen molar-refractivity contribution in [2.75, 3.05) is 0 Å². The molecule has 0 aromatic rings. The zero-order valence-corrected chi connectivity index (χ0v) is 5.48. The molecule has 1 rings (SSSR count). The van der Waals surface area contributed by atoms with E-state index in [4.69, 9.17) is 10.2 Å². The number of carboxylic acids is 2. The van der Waals surface area contributed by atoms with Crippen molar-refractivity contribution in [2.45, 2.75) is 6.42 Å². The van der Waals surface area contributed by atoms with Gasteiger partial charge in [0, 0.05) is 5.92 Å². The molecule has 1 aliphatic rings. The van der Waals surface area contributed by atoms with E-state index in [1.54, 1.807) is 0 Å². The van der Waals surface area contributed by atoms with Crippen molar-refractivity contribution < 1.29 is 24.6 Å². The highest BCUT2D eigenvalue weighted by molar-refractivity contribution is 6.34. The summed E-state index contributed by atoms with van der Waals surface area (Å²) in [5.74, 6) is -5.18. The highest BCUT2D eigenvalue weighted by Crippen LogP contribution is 2.39. The monoisotopic (exact) mass is 158 g/mol. The van der Waals surface area contributed by atoms with Crippen LogP contribution in [0, 0.1) is 11.8 Å². The Kier molecular flexibility index (Phi) is 1.64. The lowest BCUT2D eigenvalue weighted by molar-refractivity contribution is -0.150. The Morgan fingerprint density at radius 1 is 1.09 bits per heavy atom. The van der Waals surface area contributed by atoms with E-state index in [0.717, 1.165) is 0 Å². The lowest BCUT2D eigenvalue weighted by Crippen LogP contribution is -2.17. The summed E-state index contributed by atoms with van der Waals surface area (Å²) in [6.07, 6.45) is 0.167. The van der Waals surface area contributed by atoms with Crippen molar-refractivity contribution in [2.24, 2.45) is 11.8 Å². The Hall–Kier alpha value is -1.39. The van der Waals surface area contributed by atoms with Crippen molar-refractivity contribution in [1.29, 1.82) is 0 Å². The molecule has 60 valence electrons. The fourth-order valence-electron chi connectivity index (χ4n) is 0.916. The molecule has 1 fully saturated rings. The number of carbonyl (C=O) groups excluding carboxylic acids is 1. The van der Waals surface area contributed by atoms with Gasteiger partial charge in [0.2, 0.25) is 5.78 Å². The lowest BCUT2D eigenvalue weighted by Gasteiger charge is -1.88. The second-order valence-corrected chi connectivity index (χ2v) is 2.46. The van der Waals surface area contributed by atoms with Crippen molar-refractivity contribution in [3.05, 3.63) is 0 Å². The maximum Gasteiger partial charge on any atom is 0.372 e. The fourth-order valence-corrected chi connectivity index (χ4v) is 0.916. The predicted octanol–water partition coefficient (Wildman–Crippen LogP) is -0.639. The van der Waals surface area contributed by atoms with Gasteiger partial charge in [0.25, 0.3) is 0 Å². The summed E-state index contributed by atoms with van der Waals surface area (Å²) in [5, 5.41) is 16.5. The molecule has 5 nitrogen and oxygen atoms in total. The smallest absolute Gasteiger partial charge is 0.372 e. The van der Waals surface area contributed by atoms with E-state index in [-0.39, 0.29) is 6.42 Å². The Labute approximate surface area is 61.6 Å². The van der Waals surface area contributed by atoms with Gasteiger partial charge in [-0.2, -0.15) is 0 Å². The van der Waals surface area contributed by atoms with Crippen molar-refractivity contribution in [3.63, 3.8) is 0 Å². The minimum absolute atomic E-state index is 0.167. The SMILES string of the molecule is O=C(O)C(=O)C1CC1C(=O)O. The number of rotatable bonds is 3. The van der Waals surface area contributed by atoms with E-state index < -0.39 is 29.6 Å². The first-order valence-corrected chi connectivity index (χ1v) is 3.04. The third-order valence-electron chi connectivity index (χ3n) is 1.66. The molecule has 0 aromatic heterocycles. The third kappa shape index (κ3) is 1.36. The molecule has 2 N–H and O–H groups in total. The maximum atomic E-state index is 10.6. The number of carbonyl (C=O) groups is 3. The van der Waals surface area contributed by atoms with Crippen LogP contribution in [-0.4, -0.2) is 27.9 Å². The summed E-state index contributed by atoms with van der Waals surface area (Å²) in [5.41, 5.74) is 0. The first kappa shape index (κ1) is 7.71. The van der Waals surface area contributed by atoms with Gasteiger partial charge in [0.15, 0.2) is 0 Å². The molecule has 2 unspecified atom stereocenters. The highest BCUT2D eigenvalue weighted by atomic mass is 16.4. The summed E-state index contributed by atoms with van der Waals surface area (Å²) in [7, 11) is 0. The van der Waals surface area contributed by atoms with Crippen LogP contribution in [0.1, 0.15) is 6.42 Å². The Balaban J connectivity index is 2.50. The molecule has 0 saturated heterocycles. The second-order valence-electron chi connectivity index (χ2n) is 2.46. The minimum atomic E-state index is -1.54. The quantitative estimate of drug-likeness (QED) is 0.533. The van der Waals surface area contributed by atoms with Gasteiger partial charge in [-0.05, 0) is 6.42 Å². The Morgan fingerprint density at radius 2 is 1.64 bits per heavy atom. The van der Waals surface area contributed by atoms with Crippen LogP contribution in [0.2, 0.25) is 0 Å². The summed E-state index contributed by atoms with van der Waals surface area (Å²) < 4.78 is 0. The number of hydrogen-bond donors (Lipinski definition) is 2. The van der Waals surface area contributed by atoms with Crippen LogP contribution in [0.25, 0.3) is 0 Å². The number of hydrogen-bond acceptors (Lipinski definition) is 3. The molecule has 1 aliphatic carbocycles. The number of Topliss-reactive ketones (excluding diaryl/α,β-unsaturated/α-hetero) is 1. The van der Waals surface area contributed by atoms with Crippen molar-refractivity contribution in [1.82, 2.24) is 0 Å². The standard InChI is InChI=1S/C6H6O5/c7-4(6(10)11)2-1-3(2)5(8)9/h2-3H,1H2,(H,8,9)(H,10,11). The summed E-state index contributed by atoms with van der Waals surface area (Å²) in [6, 6.07) is 0. The van der Waals surface area contributed by atoms with E-state index >= 15 is 0 Å². The normalized spacial score (nSPS) is 27.6. The van der Waals surface area contributed by atoms with Gasteiger partial charge >= 0.3 is 11.9 Å². The zero-order valence-electron chi connectivity index (χ0n) is 5.48. The summed E-state index contributed by atoms with van der Waals surface area (Å²) >= 11 is 0. The molecule has 5 heteroatoms. The van der Waals surface area contributed by atoms with E-state index in [9.17, 15) is 14.4 Å². The van der Waals surface area contributed by atoms with Gasteiger partial charge in [0.1, 0.15) is 0 Å². The molecule has 0 spiro atoms. The van der Waals surface area contributed by atoms with Crippen LogP contribution in [0.5, 0.6) is 0 Å². The van der Waals surface area contributed by atoms with Crippen molar-refractivity contribution in [3.8, 4) is 0 Å². The molecule has 0 amide bonds. The first-order valence-electron chi connectivity index (χ1n) is 3.04. The highest BCUT2D eigenvalue weighted by Gasteiger charge is 2.50. The van der Waals surface area contributed by atoms with Crippen LogP contribution in [0.4, 0.5) is 0 Å². The minimum Gasteiger partial charge on any atom is -0.481 e. The van der Waals surface area contributed by atoms with Crippen LogP contribution < -0.4 is 0 Å². The Morgan fingerprint density at radius 3 is 1.91 bits per heavy atom. The lowest BCUT2D eigenvalue weighted by atomic mass is 10.2. The van der Waals surface area contributed by atoms with E-state index in [2.05, 4.69) is 0 Å². The average molecular weight is 158 g/mol. The van der Waals surface area contributed by atoms with Crippen molar-refractivity contribution >= 4 is 17.7 Å². The zero-order chi connectivity index (χ0) is 8.59. The molecular formula is C6H6O5. The largest absolute Gasteiger partial charge is 0.481 e. The summed E-state index contributed by atoms with van der Waals surface area (Å²) in [4.78, 5) is 30.7. The van der Waals surface area contributed by atoms with Gasteiger partial charge in [0.05, 0.1) is 5.92 Å². The van der Waals surface area contributed by atoms with Crippen LogP contribution >= 0.6 is 0 Å². The van der Waals surface area contributed by atoms with Crippen LogP contribution in [0.3, 0.4) is 0 Å². The number of aliphatic carboxylic acids is 2. The maximum absolute atomic E-state index is 10.6. The fraction of sp³-hybridized carbons (Fsp3) is 0.500. The number of carboxylic acid groups (broad SMARTS) is 2. The van der Waals surface area contributed by atoms with E-state index in [0.29, 0.717) is 0 Å². The van der Waals surface area contributed by atoms with Crippen LogP contribution in [0.15, 0.2) is 0 Å².